The molecular formula is C13H15ClNO4S-. The maximum atomic E-state index is 12.4. The summed E-state index contributed by atoms with van der Waals surface area (Å²) < 4.78 is 26.3. The zero-order valence-corrected chi connectivity index (χ0v) is 12.6. The summed E-state index contributed by atoms with van der Waals surface area (Å²) in [6, 6.07) is 3.65. The highest BCUT2D eigenvalue weighted by molar-refractivity contribution is 7.89. The maximum Gasteiger partial charge on any atom is 0.243 e. The fourth-order valence-electron chi connectivity index (χ4n) is 2.20. The first kappa shape index (κ1) is 15.3. The number of benzene rings is 1. The highest BCUT2D eigenvalue weighted by Gasteiger charge is 2.28. The van der Waals surface area contributed by atoms with Crippen LogP contribution in [0.4, 0.5) is 0 Å². The van der Waals surface area contributed by atoms with Gasteiger partial charge in [0.1, 0.15) is 0 Å². The normalized spacial score (nSPS) is 18.1. The third kappa shape index (κ3) is 2.97. The van der Waals surface area contributed by atoms with Gasteiger partial charge in [0.25, 0.3) is 0 Å². The van der Waals surface area contributed by atoms with Crippen LogP contribution in [0.2, 0.25) is 5.02 Å². The molecule has 110 valence electrons. The monoisotopic (exact) mass is 316 g/mol. The topological polar surface area (TPSA) is 77.5 Å². The number of rotatable bonds is 3. The van der Waals surface area contributed by atoms with Crippen LogP contribution in [0.5, 0.6) is 0 Å². The van der Waals surface area contributed by atoms with Gasteiger partial charge < -0.3 is 9.90 Å². The molecule has 0 aliphatic carbocycles. The van der Waals surface area contributed by atoms with Crippen LogP contribution in [0.25, 0.3) is 0 Å². The summed E-state index contributed by atoms with van der Waals surface area (Å²) in [6.45, 7) is 2.99. The predicted octanol–water partition coefficient (Wildman–Crippen LogP) is 1.12. The van der Waals surface area contributed by atoms with Crippen LogP contribution in [-0.2, 0) is 10.0 Å². The van der Waals surface area contributed by atoms with Gasteiger partial charge in [0.05, 0.1) is 10.9 Å². The number of piperidine rings is 1. The third-order valence-electron chi connectivity index (χ3n) is 3.54. The molecule has 5 nitrogen and oxygen atoms in total. The van der Waals surface area contributed by atoms with Crippen LogP contribution >= 0.6 is 11.6 Å². The van der Waals surface area contributed by atoms with E-state index in [1.165, 1.54) is 16.4 Å². The van der Waals surface area contributed by atoms with E-state index < -0.39 is 16.0 Å². The quantitative estimate of drug-likeness (QED) is 0.837. The molecule has 2 rings (SSSR count). The summed E-state index contributed by atoms with van der Waals surface area (Å²) in [5.74, 6) is -0.982. The van der Waals surface area contributed by atoms with E-state index in [2.05, 4.69) is 6.92 Å². The highest BCUT2D eigenvalue weighted by atomic mass is 35.5. The Balaban J connectivity index is 2.35. The Labute approximate surface area is 123 Å². The van der Waals surface area contributed by atoms with Gasteiger partial charge in [-0.1, -0.05) is 18.5 Å². The second-order valence-corrected chi connectivity index (χ2v) is 7.36. The Morgan fingerprint density at radius 2 is 1.95 bits per heavy atom. The molecule has 0 unspecified atom stereocenters. The van der Waals surface area contributed by atoms with Gasteiger partial charge in [-0.05, 0) is 37.0 Å². The Morgan fingerprint density at radius 1 is 1.35 bits per heavy atom. The molecule has 0 atom stereocenters. The number of nitrogens with zero attached hydrogens (tertiary/aromatic N) is 1. The van der Waals surface area contributed by atoms with E-state index in [1.807, 2.05) is 0 Å². The molecule has 1 aliphatic rings. The fourth-order valence-corrected chi connectivity index (χ4v) is 3.89. The second-order valence-electron chi connectivity index (χ2n) is 5.02. The number of carboxylic acids is 1. The molecule has 0 spiro atoms. The Hall–Kier alpha value is -1.11. The van der Waals surface area contributed by atoms with Crippen molar-refractivity contribution in [3.05, 3.63) is 28.8 Å². The van der Waals surface area contributed by atoms with E-state index in [9.17, 15) is 18.3 Å². The van der Waals surface area contributed by atoms with Crippen molar-refractivity contribution in [2.75, 3.05) is 13.1 Å². The molecule has 0 amide bonds. The van der Waals surface area contributed by atoms with Crippen LogP contribution in [0.15, 0.2) is 23.1 Å². The molecule has 0 saturated carbocycles. The SMILES string of the molecule is CC1CCN(S(=O)(=O)c2ccc(Cl)c(C(=O)[O-])c2)CC1. The number of sulfonamides is 1. The summed E-state index contributed by atoms with van der Waals surface area (Å²) >= 11 is 5.72. The van der Waals surface area contributed by atoms with Crippen molar-refractivity contribution in [2.24, 2.45) is 5.92 Å². The molecule has 1 heterocycles. The minimum atomic E-state index is -3.67. The molecule has 0 bridgehead atoms. The number of hydrogen-bond acceptors (Lipinski definition) is 4. The smallest absolute Gasteiger partial charge is 0.243 e. The Bertz CT molecular complexity index is 621. The van der Waals surface area contributed by atoms with Crippen LogP contribution in [0.1, 0.15) is 30.1 Å². The number of aromatic carboxylic acids is 1. The molecule has 0 N–H and O–H groups in total. The van der Waals surface area contributed by atoms with E-state index in [0.717, 1.165) is 18.9 Å². The predicted molar refractivity (Wildman–Crippen MR) is 72.9 cm³/mol. The van der Waals surface area contributed by atoms with Crippen molar-refractivity contribution in [3.63, 3.8) is 0 Å². The second kappa shape index (κ2) is 5.71. The van der Waals surface area contributed by atoms with Crippen molar-refractivity contribution in [3.8, 4) is 0 Å². The van der Waals surface area contributed by atoms with Crippen molar-refractivity contribution in [1.82, 2.24) is 4.31 Å². The van der Waals surface area contributed by atoms with E-state index in [0.29, 0.717) is 19.0 Å². The van der Waals surface area contributed by atoms with Crippen molar-refractivity contribution >= 4 is 27.6 Å². The molecule has 1 fully saturated rings. The largest absolute Gasteiger partial charge is 0.545 e. The van der Waals surface area contributed by atoms with Gasteiger partial charge in [-0.25, -0.2) is 8.42 Å². The zero-order valence-electron chi connectivity index (χ0n) is 11.0. The van der Waals surface area contributed by atoms with Crippen LogP contribution in [-0.4, -0.2) is 31.8 Å². The molecule has 1 aromatic rings. The summed E-state index contributed by atoms with van der Waals surface area (Å²) in [6.07, 6.45) is 1.61. The number of carbonyl (C=O) groups is 1. The number of halogens is 1. The van der Waals surface area contributed by atoms with Crippen LogP contribution in [0.3, 0.4) is 0 Å². The van der Waals surface area contributed by atoms with E-state index in [-0.39, 0.29) is 15.5 Å². The lowest BCUT2D eigenvalue weighted by Crippen LogP contribution is -2.38. The van der Waals surface area contributed by atoms with Crippen molar-refractivity contribution < 1.29 is 18.3 Å². The average molecular weight is 317 g/mol. The highest BCUT2D eigenvalue weighted by Crippen LogP contribution is 2.26. The van der Waals surface area contributed by atoms with Crippen molar-refractivity contribution in [1.29, 1.82) is 0 Å². The first-order valence-electron chi connectivity index (χ1n) is 6.33. The van der Waals surface area contributed by atoms with E-state index in [1.54, 1.807) is 0 Å². The first-order valence-corrected chi connectivity index (χ1v) is 8.15. The average Bonchev–Trinajstić information content (AvgIpc) is 2.39. The summed E-state index contributed by atoms with van der Waals surface area (Å²) in [7, 11) is -3.67. The first-order chi connectivity index (χ1) is 9.32. The summed E-state index contributed by atoms with van der Waals surface area (Å²) in [5.41, 5.74) is -0.307. The number of carboxylic acid groups (broad SMARTS) is 1. The van der Waals surface area contributed by atoms with Gasteiger partial charge in [-0.2, -0.15) is 4.31 Å². The lowest BCUT2D eigenvalue weighted by atomic mass is 10.0. The van der Waals surface area contributed by atoms with Crippen LogP contribution < -0.4 is 5.11 Å². The third-order valence-corrected chi connectivity index (χ3v) is 5.76. The Morgan fingerprint density at radius 3 is 2.50 bits per heavy atom. The van der Waals surface area contributed by atoms with Crippen LogP contribution in [0, 0.1) is 5.92 Å². The lowest BCUT2D eigenvalue weighted by molar-refractivity contribution is -0.255. The molecule has 1 saturated heterocycles. The molecular weight excluding hydrogens is 302 g/mol. The Kier molecular flexibility index (Phi) is 4.36. The van der Waals surface area contributed by atoms with Gasteiger partial charge in [0, 0.05) is 23.7 Å². The van der Waals surface area contributed by atoms with E-state index in [4.69, 9.17) is 11.6 Å². The summed E-state index contributed by atoms with van der Waals surface area (Å²) in [5, 5.41) is 10.9. The summed E-state index contributed by atoms with van der Waals surface area (Å²) in [4.78, 5) is 10.9. The standard InChI is InChI=1S/C13H16ClNO4S/c1-9-4-6-15(7-5-9)20(18,19)10-2-3-12(14)11(8-10)13(16)17/h2-3,8-9H,4-7H2,1H3,(H,16,17)/p-1. The molecule has 1 aromatic carbocycles. The number of hydrogen-bond donors (Lipinski definition) is 0. The molecule has 0 aromatic heterocycles. The molecule has 0 radical (unpaired) electrons. The van der Waals surface area contributed by atoms with Gasteiger partial charge in [0.2, 0.25) is 10.0 Å². The molecule has 20 heavy (non-hydrogen) atoms. The van der Waals surface area contributed by atoms with Gasteiger partial charge in [-0.15, -0.1) is 0 Å². The molecule has 7 heteroatoms. The number of carbonyl (C=O) groups excluding carboxylic acids is 1. The van der Waals surface area contributed by atoms with Crippen molar-refractivity contribution in [2.45, 2.75) is 24.7 Å². The minimum Gasteiger partial charge on any atom is -0.545 e. The minimum absolute atomic E-state index is 0.0313. The van der Waals surface area contributed by atoms with Gasteiger partial charge >= 0.3 is 0 Å². The zero-order chi connectivity index (χ0) is 14.9. The molecule has 1 aliphatic heterocycles. The van der Waals surface area contributed by atoms with Gasteiger partial charge in [-0.3, -0.25) is 0 Å². The fraction of sp³-hybridized carbons (Fsp3) is 0.462. The lowest BCUT2D eigenvalue weighted by Gasteiger charge is -2.29. The maximum absolute atomic E-state index is 12.4. The van der Waals surface area contributed by atoms with Gasteiger partial charge in [0.15, 0.2) is 0 Å². The van der Waals surface area contributed by atoms with E-state index >= 15 is 0 Å².